The van der Waals surface area contributed by atoms with E-state index in [1.807, 2.05) is 0 Å². The summed E-state index contributed by atoms with van der Waals surface area (Å²) in [6, 6.07) is 6.08. The van der Waals surface area contributed by atoms with Crippen LogP contribution >= 0.6 is 7.60 Å². The molecule has 0 unspecified atom stereocenters. The Labute approximate surface area is 133 Å². The molecule has 1 heterocycles. The van der Waals surface area contributed by atoms with Crippen LogP contribution in [0.5, 0.6) is 0 Å². The normalized spacial score (nSPS) is 17.3. The van der Waals surface area contributed by atoms with Crippen molar-refractivity contribution in [2.75, 3.05) is 0 Å². The summed E-state index contributed by atoms with van der Waals surface area (Å²) in [6.45, 7) is 3.47. The summed E-state index contributed by atoms with van der Waals surface area (Å²) in [5.41, 5.74) is 1.19. The summed E-state index contributed by atoms with van der Waals surface area (Å²) in [5, 5.41) is 3.21. The zero-order valence-corrected chi connectivity index (χ0v) is 13.8. The second-order valence-electron chi connectivity index (χ2n) is 5.37. The van der Waals surface area contributed by atoms with Crippen molar-refractivity contribution < 1.29 is 23.9 Å². The Balaban J connectivity index is 2.48. The van der Waals surface area contributed by atoms with E-state index >= 15 is 0 Å². The summed E-state index contributed by atoms with van der Waals surface area (Å²) in [5.74, 6) is -0.535. The molecule has 23 heavy (non-hydrogen) atoms. The lowest BCUT2D eigenvalue weighted by Crippen LogP contribution is -2.24. The fourth-order valence-electron chi connectivity index (χ4n) is 2.81. The topological polar surface area (TPSA) is 116 Å². The number of rotatable bonds is 5. The first kappa shape index (κ1) is 17.4. The van der Waals surface area contributed by atoms with E-state index in [9.17, 15) is 23.9 Å². The van der Waals surface area contributed by atoms with Crippen molar-refractivity contribution in [1.82, 2.24) is 10.6 Å². The van der Waals surface area contributed by atoms with Crippen LogP contribution in [0.2, 0.25) is 0 Å². The molecule has 1 aromatic carbocycles. The van der Waals surface area contributed by atoms with E-state index in [0.717, 1.165) is 0 Å². The quantitative estimate of drug-likeness (QED) is 0.373. The standard InChI is InChI=1S/C15H19N2O5P/c1-3-15(4-2,23(20,21)22)11-7-5-6-10(8-11)9-12-13(18)17-14(19)16-12/h5-9H,3-4H2,1-2H3,(H2,20,21,22)(H2,16,17,18,19). The molecule has 0 bridgehead atoms. The molecule has 0 radical (unpaired) electrons. The van der Waals surface area contributed by atoms with Gasteiger partial charge in [0, 0.05) is 0 Å². The molecule has 0 spiro atoms. The van der Waals surface area contributed by atoms with Crippen molar-refractivity contribution in [1.29, 1.82) is 0 Å². The van der Waals surface area contributed by atoms with Crippen LogP contribution in [-0.2, 0) is 14.5 Å². The summed E-state index contributed by atoms with van der Waals surface area (Å²) in [7, 11) is -4.38. The predicted molar refractivity (Wildman–Crippen MR) is 85.4 cm³/mol. The highest BCUT2D eigenvalue weighted by molar-refractivity contribution is 7.53. The van der Waals surface area contributed by atoms with Crippen LogP contribution in [-0.4, -0.2) is 21.7 Å². The summed E-state index contributed by atoms with van der Waals surface area (Å²) in [6.07, 6.45) is 2.04. The smallest absolute Gasteiger partial charge is 0.324 e. The minimum Gasteiger partial charge on any atom is -0.324 e. The van der Waals surface area contributed by atoms with E-state index < -0.39 is 24.7 Å². The van der Waals surface area contributed by atoms with Crippen LogP contribution in [0, 0.1) is 0 Å². The van der Waals surface area contributed by atoms with Gasteiger partial charge in [-0.3, -0.25) is 14.7 Å². The van der Waals surface area contributed by atoms with Gasteiger partial charge in [0.05, 0.1) is 5.16 Å². The van der Waals surface area contributed by atoms with Crippen LogP contribution in [0.3, 0.4) is 0 Å². The number of carbonyl (C=O) groups is 2. The summed E-state index contributed by atoms with van der Waals surface area (Å²) >= 11 is 0. The van der Waals surface area contributed by atoms with Crippen molar-refractivity contribution in [2.24, 2.45) is 0 Å². The molecule has 1 aromatic rings. The molecule has 124 valence electrons. The van der Waals surface area contributed by atoms with Gasteiger partial charge in [0.25, 0.3) is 5.91 Å². The van der Waals surface area contributed by atoms with Gasteiger partial charge >= 0.3 is 13.6 Å². The van der Waals surface area contributed by atoms with Gasteiger partial charge in [0.1, 0.15) is 5.70 Å². The van der Waals surface area contributed by atoms with Crippen molar-refractivity contribution in [2.45, 2.75) is 31.8 Å². The molecule has 1 aliphatic rings. The molecule has 7 nitrogen and oxygen atoms in total. The van der Waals surface area contributed by atoms with Crippen LogP contribution < -0.4 is 10.6 Å². The zero-order valence-electron chi connectivity index (χ0n) is 12.9. The second-order valence-corrected chi connectivity index (χ2v) is 7.32. The van der Waals surface area contributed by atoms with Gasteiger partial charge in [-0.25, -0.2) is 4.79 Å². The van der Waals surface area contributed by atoms with Crippen LogP contribution in [0.25, 0.3) is 6.08 Å². The Morgan fingerprint density at radius 3 is 2.30 bits per heavy atom. The van der Waals surface area contributed by atoms with Gasteiger partial charge in [-0.15, -0.1) is 0 Å². The van der Waals surface area contributed by atoms with Gasteiger partial charge in [-0.2, -0.15) is 0 Å². The fourth-order valence-corrected chi connectivity index (χ4v) is 4.10. The van der Waals surface area contributed by atoms with Crippen molar-refractivity contribution in [3.8, 4) is 0 Å². The third kappa shape index (κ3) is 3.22. The number of hydrogen-bond acceptors (Lipinski definition) is 3. The third-order valence-corrected chi connectivity index (χ3v) is 6.19. The third-order valence-electron chi connectivity index (χ3n) is 4.18. The monoisotopic (exact) mass is 338 g/mol. The molecule has 0 aromatic heterocycles. The lowest BCUT2D eigenvalue weighted by molar-refractivity contribution is -0.115. The number of imide groups is 1. The lowest BCUT2D eigenvalue weighted by atomic mass is 9.91. The van der Waals surface area contributed by atoms with E-state index in [4.69, 9.17) is 0 Å². The Hall–Kier alpha value is -1.95. The van der Waals surface area contributed by atoms with Crippen molar-refractivity contribution >= 4 is 25.6 Å². The van der Waals surface area contributed by atoms with E-state index in [1.165, 1.54) is 6.08 Å². The minimum absolute atomic E-state index is 0.0990. The average Bonchev–Trinajstić information content (AvgIpc) is 2.78. The molecular formula is C15H19N2O5P. The number of amides is 3. The van der Waals surface area contributed by atoms with Crippen LogP contribution in [0.1, 0.15) is 37.8 Å². The Morgan fingerprint density at radius 2 is 1.83 bits per heavy atom. The maximum absolute atomic E-state index is 12.0. The summed E-state index contributed by atoms with van der Waals surface area (Å²) < 4.78 is 12.0. The van der Waals surface area contributed by atoms with Gasteiger partial charge in [0.2, 0.25) is 0 Å². The maximum atomic E-state index is 12.0. The van der Waals surface area contributed by atoms with E-state index in [1.54, 1.807) is 38.1 Å². The average molecular weight is 338 g/mol. The van der Waals surface area contributed by atoms with E-state index in [-0.39, 0.29) is 18.5 Å². The number of nitrogens with one attached hydrogen (secondary N) is 2. The molecule has 2 rings (SSSR count). The fraction of sp³-hybridized carbons (Fsp3) is 0.333. The van der Waals surface area contributed by atoms with Gasteiger partial charge in [-0.1, -0.05) is 38.1 Å². The molecule has 4 N–H and O–H groups in total. The largest absolute Gasteiger partial charge is 0.335 e. The predicted octanol–water partition coefficient (Wildman–Crippen LogP) is 2.06. The zero-order chi connectivity index (χ0) is 17.3. The second kappa shape index (κ2) is 6.28. The molecule has 1 aliphatic heterocycles. The lowest BCUT2D eigenvalue weighted by Gasteiger charge is -2.33. The van der Waals surface area contributed by atoms with E-state index in [0.29, 0.717) is 11.1 Å². The first-order valence-electron chi connectivity index (χ1n) is 7.23. The first-order chi connectivity index (χ1) is 10.7. The molecule has 0 atom stereocenters. The van der Waals surface area contributed by atoms with Gasteiger partial charge in [0.15, 0.2) is 0 Å². The van der Waals surface area contributed by atoms with Crippen LogP contribution in [0.15, 0.2) is 30.0 Å². The molecular weight excluding hydrogens is 319 g/mol. The molecule has 0 saturated carbocycles. The molecule has 0 aliphatic carbocycles. The molecule has 1 saturated heterocycles. The Morgan fingerprint density at radius 1 is 1.17 bits per heavy atom. The Bertz CT molecular complexity index is 718. The molecule has 1 fully saturated rings. The highest BCUT2D eigenvalue weighted by Crippen LogP contribution is 2.60. The first-order valence-corrected chi connectivity index (χ1v) is 8.85. The number of hydrogen-bond donors (Lipinski definition) is 4. The number of carbonyl (C=O) groups excluding carboxylic acids is 2. The molecule has 3 amide bonds. The number of urea groups is 1. The van der Waals surface area contributed by atoms with Crippen LogP contribution in [0.4, 0.5) is 4.79 Å². The highest BCUT2D eigenvalue weighted by Gasteiger charge is 2.45. The Kier molecular flexibility index (Phi) is 4.75. The number of benzene rings is 1. The SMILES string of the molecule is CCC(CC)(c1cccc(C=C2NC(=O)NC2=O)c1)P(=O)(O)O. The maximum Gasteiger partial charge on any atom is 0.335 e. The highest BCUT2D eigenvalue weighted by atomic mass is 31.2. The van der Waals surface area contributed by atoms with Crippen molar-refractivity contribution in [3.63, 3.8) is 0 Å². The van der Waals surface area contributed by atoms with Gasteiger partial charge in [-0.05, 0) is 30.0 Å². The van der Waals surface area contributed by atoms with Gasteiger partial charge < -0.3 is 15.1 Å². The van der Waals surface area contributed by atoms with Crippen molar-refractivity contribution in [3.05, 3.63) is 41.1 Å². The van der Waals surface area contributed by atoms with E-state index in [2.05, 4.69) is 10.6 Å². The minimum atomic E-state index is -4.38. The molecule has 8 heteroatoms. The summed E-state index contributed by atoms with van der Waals surface area (Å²) in [4.78, 5) is 42.3.